The summed E-state index contributed by atoms with van der Waals surface area (Å²) in [7, 11) is 0. The van der Waals surface area contributed by atoms with E-state index in [2.05, 4.69) is 6.07 Å². The van der Waals surface area contributed by atoms with Crippen LogP contribution in [0.1, 0.15) is 11.1 Å². The summed E-state index contributed by atoms with van der Waals surface area (Å²) in [5, 5.41) is 9.42. The van der Waals surface area contributed by atoms with Gasteiger partial charge >= 0.3 is 0 Å². The zero-order valence-electron chi connectivity index (χ0n) is 9.06. The lowest BCUT2D eigenvalue weighted by molar-refractivity contribution is 0.306. The maximum absolute atomic E-state index is 8.78. The summed E-state index contributed by atoms with van der Waals surface area (Å²) in [6, 6.07) is 16.7. The minimum Gasteiger partial charge on any atom is -0.489 e. The number of rotatable bonds is 3. The summed E-state index contributed by atoms with van der Waals surface area (Å²) in [6.07, 6.45) is 0. The van der Waals surface area contributed by atoms with Crippen LogP contribution in [0, 0.1) is 11.3 Å². The third-order valence-corrected chi connectivity index (χ3v) is 2.49. The van der Waals surface area contributed by atoms with E-state index in [9.17, 15) is 0 Å². The second kappa shape index (κ2) is 5.38. The molecule has 2 rings (SSSR count). The lowest BCUT2D eigenvalue weighted by Crippen LogP contribution is -1.95. The summed E-state index contributed by atoms with van der Waals surface area (Å²) in [4.78, 5) is 0. The Balaban J connectivity index is 2.05. The Kier molecular flexibility index (Phi) is 3.64. The van der Waals surface area contributed by atoms with Crippen LogP contribution in [0.25, 0.3) is 0 Å². The van der Waals surface area contributed by atoms with Gasteiger partial charge in [0.1, 0.15) is 12.4 Å². The Hall–Kier alpha value is -1.98. The molecule has 0 radical (unpaired) electrons. The van der Waals surface area contributed by atoms with Gasteiger partial charge in [0.05, 0.1) is 11.6 Å². The molecule has 2 aromatic carbocycles. The van der Waals surface area contributed by atoms with E-state index in [-0.39, 0.29) is 0 Å². The SMILES string of the molecule is N#Cc1cccc(COc2cccc(Cl)c2)c1. The summed E-state index contributed by atoms with van der Waals surface area (Å²) in [5.41, 5.74) is 1.60. The van der Waals surface area contributed by atoms with Gasteiger partial charge in [-0.3, -0.25) is 0 Å². The van der Waals surface area contributed by atoms with Gasteiger partial charge in [-0.1, -0.05) is 29.8 Å². The Morgan fingerprint density at radius 3 is 2.71 bits per heavy atom. The molecule has 0 aliphatic carbocycles. The Morgan fingerprint density at radius 1 is 1.12 bits per heavy atom. The highest BCUT2D eigenvalue weighted by molar-refractivity contribution is 6.30. The molecule has 0 heterocycles. The van der Waals surface area contributed by atoms with Crippen molar-refractivity contribution in [1.29, 1.82) is 5.26 Å². The lowest BCUT2D eigenvalue weighted by atomic mass is 10.1. The number of hydrogen-bond donors (Lipinski definition) is 0. The maximum Gasteiger partial charge on any atom is 0.121 e. The van der Waals surface area contributed by atoms with Gasteiger partial charge in [0, 0.05) is 5.02 Å². The van der Waals surface area contributed by atoms with Crippen molar-refractivity contribution >= 4 is 11.6 Å². The maximum atomic E-state index is 8.78. The summed E-state index contributed by atoms with van der Waals surface area (Å²) < 4.78 is 5.58. The van der Waals surface area contributed by atoms with Crippen LogP contribution >= 0.6 is 11.6 Å². The minimum atomic E-state index is 0.426. The van der Waals surface area contributed by atoms with Crippen molar-refractivity contribution in [3.05, 3.63) is 64.7 Å². The van der Waals surface area contributed by atoms with E-state index in [1.54, 1.807) is 18.2 Å². The van der Waals surface area contributed by atoms with E-state index >= 15 is 0 Å². The highest BCUT2D eigenvalue weighted by Gasteiger charge is 1.98. The molecule has 2 aromatic rings. The standard InChI is InChI=1S/C14H10ClNO/c15-13-5-2-6-14(8-13)17-10-12-4-1-3-11(7-12)9-16/h1-8H,10H2. The first-order chi connectivity index (χ1) is 8.28. The Bertz CT molecular complexity index is 560. The number of ether oxygens (including phenoxy) is 1. The van der Waals surface area contributed by atoms with Gasteiger partial charge < -0.3 is 4.74 Å². The molecule has 17 heavy (non-hydrogen) atoms. The van der Waals surface area contributed by atoms with Gasteiger partial charge in [-0.15, -0.1) is 0 Å². The van der Waals surface area contributed by atoms with Crippen LogP contribution in [-0.4, -0.2) is 0 Å². The van der Waals surface area contributed by atoms with Gasteiger partial charge in [0.2, 0.25) is 0 Å². The van der Waals surface area contributed by atoms with Gasteiger partial charge in [-0.05, 0) is 35.9 Å². The normalized spacial score (nSPS) is 9.65. The molecule has 0 amide bonds. The van der Waals surface area contributed by atoms with E-state index in [0.29, 0.717) is 17.2 Å². The van der Waals surface area contributed by atoms with Crippen molar-refractivity contribution in [2.75, 3.05) is 0 Å². The molecule has 0 bridgehead atoms. The molecule has 0 saturated heterocycles. The fourth-order valence-electron chi connectivity index (χ4n) is 1.45. The lowest BCUT2D eigenvalue weighted by Gasteiger charge is -2.06. The molecule has 0 saturated carbocycles. The van der Waals surface area contributed by atoms with Crippen LogP contribution in [-0.2, 0) is 6.61 Å². The first kappa shape index (κ1) is 11.5. The third-order valence-electron chi connectivity index (χ3n) is 2.26. The average molecular weight is 244 g/mol. The second-order valence-corrected chi connectivity index (χ2v) is 3.99. The van der Waals surface area contributed by atoms with Crippen LogP contribution in [0.2, 0.25) is 5.02 Å². The van der Waals surface area contributed by atoms with Gasteiger partial charge in [0.25, 0.3) is 0 Å². The number of nitriles is 1. The van der Waals surface area contributed by atoms with E-state index in [0.717, 1.165) is 11.3 Å². The van der Waals surface area contributed by atoms with Crippen molar-refractivity contribution in [2.24, 2.45) is 0 Å². The molecule has 0 fully saturated rings. The largest absolute Gasteiger partial charge is 0.489 e. The van der Waals surface area contributed by atoms with Crippen molar-refractivity contribution in [2.45, 2.75) is 6.61 Å². The Labute approximate surface area is 105 Å². The first-order valence-corrected chi connectivity index (χ1v) is 5.53. The third kappa shape index (κ3) is 3.24. The fraction of sp³-hybridized carbons (Fsp3) is 0.0714. The summed E-state index contributed by atoms with van der Waals surface area (Å²) in [6.45, 7) is 0.426. The van der Waals surface area contributed by atoms with Gasteiger partial charge in [-0.2, -0.15) is 5.26 Å². The molecular formula is C14H10ClNO. The first-order valence-electron chi connectivity index (χ1n) is 5.15. The molecule has 0 spiro atoms. The van der Waals surface area contributed by atoms with Crippen molar-refractivity contribution in [3.63, 3.8) is 0 Å². The smallest absolute Gasteiger partial charge is 0.121 e. The van der Waals surface area contributed by atoms with Crippen LogP contribution < -0.4 is 4.74 Å². The van der Waals surface area contributed by atoms with Gasteiger partial charge in [0.15, 0.2) is 0 Å². The van der Waals surface area contributed by atoms with Crippen molar-refractivity contribution < 1.29 is 4.74 Å². The summed E-state index contributed by atoms with van der Waals surface area (Å²) >= 11 is 5.85. The quantitative estimate of drug-likeness (QED) is 0.822. The van der Waals surface area contributed by atoms with E-state index < -0.39 is 0 Å². The molecular weight excluding hydrogens is 234 g/mol. The molecule has 84 valence electrons. The van der Waals surface area contributed by atoms with Crippen molar-refractivity contribution in [3.8, 4) is 11.8 Å². The van der Waals surface area contributed by atoms with Gasteiger partial charge in [-0.25, -0.2) is 0 Å². The summed E-state index contributed by atoms with van der Waals surface area (Å²) in [5.74, 6) is 0.722. The molecule has 3 heteroatoms. The van der Waals surface area contributed by atoms with E-state index in [1.165, 1.54) is 0 Å². The van der Waals surface area contributed by atoms with Crippen LogP contribution in [0.15, 0.2) is 48.5 Å². The number of halogens is 1. The number of hydrogen-bond acceptors (Lipinski definition) is 2. The molecule has 0 N–H and O–H groups in total. The molecule has 0 aliphatic heterocycles. The minimum absolute atomic E-state index is 0.426. The Morgan fingerprint density at radius 2 is 1.94 bits per heavy atom. The van der Waals surface area contributed by atoms with Crippen molar-refractivity contribution in [1.82, 2.24) is 0 Å². The van der Waals surface area contributed by atoms with Crippen LogP contribution in [0.5, 0.6) is 5.75 Å². The molecule has 0 atom stereocenters. The molecule has 0 aliphatic rings. The topological polar surface area (TPSA) is 33.0 Å². The molecule has 2 nitrogen and oxygen atoms in total. The molecule has 0 aromatic heterocycles. The predicted octanol–water partition coefficient (Wildman–Crippen LogP) is 3.79. The van der Waals surface area contributed by atoms with Crippen LogP contribution in [0.3, 0.4) is 0 Å². The molecule has 0 unspecified atom stereocenters. The van der Waals surface area contributed by atoms with Crippen LogP contribution in [0.4, 0.5) is 0 Å². The van der Waals surface area contributed by atoms with E-state index in [1.807, 2.05) is 30.3 Å². The van der Waals surface area contributed by atoms with E-state index in [4.69, 9.17) is 21.6 Å². The zero-order valence-corrected chi connectivity index (χ0v) is 9.82. The predicted molar refractivity (Wildman–Crippen MR) is 66.9 cm³/mol. The highest BCUT2D eigenvalue weighted by Crippen LogP contribution is 2.18. The highest BCUT2D eigenvalue weighted by atomic mass is 35.5. The zero-order chi connectivity index (χ0) is 12.1. The fourth-order valence-corrected chi connectivity index (χ4v) is 1.63. The number of nitrogens with zero attached hydrogens (tertiary/aromatic N) is 1. The second-order valence-electron chi connectivity index (χ2n) is 3.56. The average Bonchev–Trinajstić information content (AvgIpc) is 2.37. The monoisotopic (exact) mass is 243 g/mol. The number of benzene rings is 2.